The van der Waals surface area contributed by atoms with Gasteiger partial charge in [0.15, 0.2) is 11.0 Å². The number of carbonyl (C=O) groups excluding carboxylic acids is 1. The lowest BCUT2D eigenvalue weighted by molar-refractivity contribution is -0.113. The molecule has 3 aromatic rings. The second kappa shape index (κ2) is 10.1. The van der Waals surface area contributed by atoms with Crippen LogP contribution in [-0.2, 0) is 17.9 Å². The molecule has 30 heavy (non-hydrogen) atoms. The summed E-state index contributed by atoms with van der Waals surface area (Å²) in [6, 6.07) is 13.8. The minimum atomic E-state index is -0.0803. The van der Waals surface area contributed by atoms with Crippen LogP contribution in [0.1, 0.15) is 22.5 Å². The predicted octanol–water partition coefficient (Wildman–Crippen LogP) is 4.70. The Morgan fingerprint density at radius 3 is 2.50 bits per heavy atom. The average Bonchev–Trinajstić information content (AvgIpc) is 3.11. The quantitative estimate of drug-likeness (QED) is 0.400. The zero-order valence-electron chi connectivity index (χ0n) is 17.5. The molecule has 1 amide bonds. The van der Waals surface area contributed by atoms with Crippen molar-refractivity contribution in [3.63, 3.8) is 0 Å². The Morgan fingerprint density at radius 1 is 1.10 bits per heavy atom. The summed E-state index contributed by atoms with van der Waals surface area (Å²) in [6.45, 7) is 10.6. The minimum absolute atomic E-state index is 0.0803. The Balaban J connectivity index is 1.65. The highest BCUT2D eigenvalue weighted by Gasteiger charge is 2.15. The van der Waals surface area contributed by atoms with Crippen LogP contribution in [0.5, 0.6) is 5.75 Å². The number of thioether (sulfide) groups is 1. The van der Waals surface area contributed by atoms with Crippen LogP contribution in [0.25, 0.3) is 0 Å². The van der Waals surface area contributed by atoms with E-state index in [1.54, 1.807) is 6.08 Å². The molecule has 1 heterocycles. The van der Waals surface area contributed by atoms with Crippen molar-refractivity contribution < 1.29 is 9.53 Å². The molecule has 0 aliphatic carbocycles. The first-order valence-electron chi connectivity index (χ1n) is 9.70. The average molecular weight is 423 g/mol. The van der Waals surface area contributed by atoms with Crippen LogP contribution < -0.4 is 10.1 Å². The minimum Gasteiger partial charge on any atom is -0.485 e. The molecule has 7 heteroatoms. The summed E-state index contributed by atoms with van der Waals surface area (Å²) in [5.41, 5.74) is 4.01. The highest BCUT2D eigenvalue weighted by Crippen LogP contribution is 2.23. The number of amides is 1. The van der Waals surface area contributed by atoms with Gasteiger partial charge in [0.2, 0.25) is 5.91 Å². The number of allylic oxidation sites excluding steroid dienone is 1. The molecule has 0 aliphatic rings. The lowest BCUT2D eigenvalue weighted by atomic mass is 10.1. The fourth-order valence-electron chi connectivity index (χ4n) is 3.02. The van der Waals surface area contributed by atoms with Gasteiger partial charge in [-0.1, -0.05) is 54.2 Å². The smallest absolute Gasteiger partial charge is 0.234 e. The number of hydrogen-bond donors (Lipinski definition) is 1. The number of benzene rings is 2. The van der Waals surface area contributed by atoms with Crippen molar-refractivity contribution in [2.75, 3.05) is 11.1 Å². The van der Waals surface area contributed by atoms with E-state index in [2.05, 4.69) is 22.1 Å². The zero-order chi connectivity index (χ0) is 21.5. The van der Waals surface area contributed by atoms with E-state index in [9.17, 15) is 4.79 Å². The molecule has 0 fully saturated rings. The van der Waals surface area contributed by atoms with Crippen LogP contribution in [0, 0.1) is 20.8 Å². The molecule has 2 aromatic carbocycles. The van der Waals surface area contributed by atoms with Gasteiger partial charge in [-0.25, -0.2) is 0 Å². The summed E-state index contributed by atoms with van der Waals surface area (Å²) in [6.07, 6.45) is 1.78. The number of nitrogens with zero attached hydrogens (tertiary/aromatic N) is 3. The first kappa shape index (κ1) is 21.6. The third-order valence-electron chi connectivity index (χ3n) is 4.63. The van der Waals surface area contributed by atoms with Gasteiger partial charge < -0.3 is 10.1 Å². The maximum Gasteiger partial charge on any atom is 0.234 e. The SMILES string of the molecule is C=CCn1c(COc2ccccc2C)nnc1SCC(=O)Nc1c(C)cccc1C. The van der Waals surface area contributed by atoms with Crippen molar-refractivity contribution in [1.82, 2.24) is 14.8 Å². The molecule has 0 saturated heterocycles. The summed E-state index contributed by atoms with van der Waals surface area (Å²) in [4.78, 5) is 12.5. The number of ether oxygens (including phenoxy) is 1. The fraction of sp³-hybridized carbons (Fsp3) is 0.261. The van der Waals surface area contributed by atoms with Gasteiger partial charge in [0, 0.05) is 12.2 Å². The Bertz CT molecular complexity index is 1030. The molecule has 6 nitrogen and oxygen atoms in total. The summed E-state index contributed by atoms with van der Waals surface area (Å²) < 4.78 is 7.83. The van der Waals surface area contributed by atoms with Crippen molar-refractivity contribution in [3.8, 4) is 5.75 Å². The van der Waals surface area contributed by atoms with Gasteiger partial charge in [0.1, 0.15) is 12.4 Å². The Hall–Kier alpha value is -3.06. The third kappa shape index (κ3) is 5.30. The topological polar surface area (TPSA) is 69.0 Å². The zero-order valence-corrected chi connectivity index (χ0v) is 18.3. The van der Waals surface area contributed by atoms with E-state index in [4.69, 9.17) is 4.74 Å². The van der Waals surface area contributed by atoms with Crippen LogP contribution in [0.15, 0.2) is 60.3 Å². The second-order valence-corrected chi connectivity index (χ2v) is 7.90. The van der Waals surface area contributed by atoms with Crippen molar-refractivity contribution in [2.24, 2.45) is 0 Å². The Morgan fingerprint density at radius 2 is 1.80 bits per heavy atom. The van der Waals surface area contributed by atoms with Gasteiger partial charge in [-0.3, -0.25) is 9.36 Å². The Labute approximate surface area is 181 Å². The molecule has 0 aliphatic heterocycles. The second-order valence-electron chi connectivity index (χ2n) is 6.96. The van der Waals surface area contributed by atoms with Crippen LogP contribution >= 0.6 is 11.8 Å². The van der Waals surface area contributed by atoms with E-state index in [1.165, 1.54) is 11.8 Å². The van der Waals surface area contributed by atoms with Crippen LogP contribution in [-0.4, -0.2) is 26.4 Å². The summed E-state index contributed by atoms with van der Waals surface area (Å²) in [7, 11) is 0. The van der Waals surface area contributed by atoms with Gasteiger partial charge in [0.25, 0.3) is 0 Å². The van der Waals surface area contributed by atoms with E-state index in [-0.39, 0.29) is 11.7 Å². The largest absolute Gasteiger partial charge is 0.485 e. The number of carbonyl (C=O) groups is 1. The molecule has 0 radical (unpaired) electrons. The highest BCUT2D eigenvalue weighted by molar-refractivity contribution is 7.99. The molecule has 0 saturated carbocycles. The van der Waals surface area contributed by atoms with Crippen molar-refractivity contribution in [2.45, 2.75) is 39.1 Å². The van der Waals surface area contributed by atoms with Crippen molar-refractivity contribution in [1.29, 1.82) is 0 Å². The highest BCUT2D eigenvalue weighted by atomic mass is 32.2. The van der Waals surface area contributed by atoms with E-state index >= 15 is 0 Å². The molecule has 0 spiro atoms. The fourth-order valence-corrected chi connectivity index (χ4v) is 3.79. The number of anilines is 1. The van der Waals surface area contributed by atoms with Gasteiger partial charge in [-0.05, 0) is 43.5 Å². The normalized spacial score (nSPS) is 10.6. The first-order chi connectivity index (χ1) is 14.5. The van der Waals surface area contributed by atoms with Gasteiger partial charge in [-0.2, -0.15) is 0 Å². The third-order valence-corrected chi connectivity index (χ3v) is 5.60. The molecule has 0 unspecified atom stereocenters. The summed E-state index contributed by atoms with van der Waals surface area (Å²) >= 11 is 1.35. The number of aryl methyl sites for hydroxylation is 3. The monoisotopic (exact) mass is 422 g/mol. The van der Waals surface area contributed by atoms with Crippen molar-refractivity contribution in [3.05, 3.63) is 77.6 Å². The summed E-state index contributed by atoms with van der Waals surface area (Å²) in [5.74, 6) is 1.66. The van der Waals surface area contributed by atoms with E-state index in [1.807, 2.05) is 67.8 Å². The van der Waals surface area contributed by atoms with Crippen LogP contribution in [0.3, 0.4) is 0 Å². The molecular weight excluding hydrogens is 396 g/mol. The van der Waals surface area contributed by atoms with E-state index < -0.39 is 0 Å². The molecular formula is C23H26N4O2S. The molecule has 1 aromatic heterocycles. The Kier molecular flexibility index (Phi) is 7.30. The maximum absolute atomic E-state index is 12.5. The van der Waals surface area contributed by atoms with Gasteiger partial charge >= 0.3 is 0 Å². The number of hydrogen-bond acceptors (Lipinski definition) is 5. The lowest BCUT2D eigenvalue weighted by Gasteiger charge is -2.12. The first-order valence-corrected chi connectivity index (χ1v) is 10.7. The molecule has 1 N–H and O–H groups in total. The van der Waals surface area contributed by atoms with Crippen LogP contribution in [0.2, 0.25) is 0 Å². The lowest BCUT2D eigenvalue weighted by Crippen LogP contribution is -2.16. The number of para-hydroxylation sites is 2. The van der Waals surface area contributed by atoms with Gasteiger partial charge in [-0.15, -0.1) is 16.8 Å². The van der Waals surface area contributed by atoms with Gasteiger partial charge in [0.05, 0.1) is 5.75 Å². The standard InChI is InChI=1S/C23H26N4O2S/c1-5-13-27-20(14-29-19-12-7-6-9-16(19)2)25-26-23(27)30-15-21(28)24-22-17(3)10-8-11-18(22)4/h5-12H,1,13-15H2,2-4H3,(H,24,28). The molecule has 156 valence electrons. The molecule has 3 rings (SSSR count). The number of rotatable bonds is 9. The van der Waals surface area contributed by atoms with Crippen LogP contribution in [0.4, 0.5) is 5.69 Å². The van der Waals surface area contributed by atoms with E-state index in [0.717, 1.165) is 28.1 Å². The molecule has 0 bridgehead atoms. The van der Waals surface area contributed by atoms with E-state index in [0.29, 0.717) is 24.1 Å². The number of nitrogens with one attached hydrogen (secondary N) is 1. The van der Waals surface area contributed by atoms with Crippen molar-refractivity contribution >= 4 is 23.4 Å². The summed E-state index contributed by atoms with van der Waals surface area (Å²) in [5, 5.41) is 12.2. The maximum atomic E-state index is 12.5. The number of aromatic nitrogens is 3. The molecule has 0 atom stereocenters. The predicted molar refractivity (Wildman–Crippen MR) is 121 cm³/mol.